The summed E-state index contributed by atoms with van der Waals surface area (Å²) >= 11 is 7.32. The van der Waals surface area contributed by atoms with Crippen molar-refractivity contribution in [1.29, 1.82) is 0 Å². The molecule has 6 nitrogen and oxygen atoms in total. The minimum atomic E-state index is -0.101. The van der Waals surface area contributed by atoms with Gasteiger partial charge in [0.1, 0.15) is 0 Å². The number of hydrogen-bond donors (Lipinski definition) is 2. The summed E-state index contributed by atoms with van der Waals surface area (Å²) in [5, 5.41) is 3.77. The Labute approximate surface area is 190 Å². The number of H-pyrrole nitrogens is 1. The van der Waals surface area contributed by atoms with E-state index in [1.165, 1.54) is 11.3 Å². The van der Waals surface area contributed by atoms with Crippen LogP contribution < -0.4 is 15.1 Å². The lowest BCUT2D eigenvalue weighted by Gasteiger charge is -2.37. The van der Waals surface area contributed by atoms with Gasteiger partial charge in [-0.25, -0.2) is 0 Å². The van der Waals surface area contributed by atoms with Crippen LogP contribution in [0.2, 0.25) is 5.02 Å². The summed E-state index contributed by atoms with van der Waals surface area (Å²) in [4.78, 5) is 31.3. The van der Waals surface area contributed by atoms with Crippen molar-refractivity contribution in [3.63, 3.8) is 0 Å². The molecule has 164 valence electrons. The fourth-order valence-electron chi connectivity index (χ4n) is 3.99. The molecule has 8 heteroatoms. The quantitative estimate of drug-likeness (QED) is 0.527. The average molecular weight is 459 g/mol. The smallest absolute Gasteiger partial charge is 0.305 e. The lowest BCUT2D eigenvalue weighted by molar-refractivity contribution is 0.0952. The summed E-state index contributed by atoms with van der Waals surface area (Å²) in [6.07, 6.45) is 1.99. The molecule has 0 radical (unpaired) electrons. The molecule has 1 saturated heterocycles. The average Bonchev–Trinajstić information content (AvgIpc) is 3.14. The Morgan fingerprint density at radius 2 is 1.94 bits per heavy atom. The maximum absolute atomic E-state index is 12.4. The van der Waals surface area contributed by atoms with Crippen molar-refractivity contribution in [2.75, 3.05) is 44.2 Å². The number of carbonyl (C=O) groups is 1. The largest absolute Gasteiger partial charge is 0.369 e. The maximum Gasteiger partial charge on any atom is 0.305 e. The molecule has 4 rings (SSSR count). The molecule has 1 amide bonds. The van der Waals surface area contributed by atoms with Crippen LogP contribution >= 0.6 is 22.9 Å². The summed E-state index contributed by atoms with van der Waals surface area (Å²) in [7, 11) is 0. The zero-order valence-corrected chi connectivity index (χ0v) is 19.2. The molecule has 31 heavy (non-hydrogen) atoms. The topological polar surface area (TPSA) is 68.4 Å². The Kier molecular flexibility index (Phi) is 6.95. The van der Waals surface area contributed by atoms with Crippen LogP contribution in [0.25, 0.3) is 10.2 Å². The van der Waals surface area contributed by atoms with Crippen molar-refractivity contribution >= 4 is 44.7 Å². The van der Waals surface area contributed by atoms with Crippen molar-refractivity contribution in [2.45, 2.75) is 19.8 Å². The van der Waals surface area contributed by atoms with Gasteiger partial charge >= 0.3 is 4.87 Å². The normalized spacial score (nSPS) is 14.8. The van der Waals surface area contributed by atoms with Gasteiger partial charge in [-0.05, 0) is 62.2 Å². The molecule has 1 aromatic heterocycles. The van der Waals surface area contributed by atoms with E-state index in [0.29, 0.717) is 12.1 Å². The fourth-order valence-corrected chi connectivity index (χ4v) is 4.88. The van der Waals surface area contributed by atoms with Gasteiger partial charge in [0.2, 0.25) is 0 Å². The van der Waals surface area contributed by atoms with Gasteiger partial charge in [-0.2, -0.15) is 0 Å². The first-order valence-corrected chi connectivity index (χ1v) is 11.8. The first kappa shape index (κ1) is 21.9. The number of aryl methyl sites for hydroxylation is 1. The summed E-state index contributed by atoms with van der Waals surface area (Å²) in [6, 6.07) is 11.4. The van der Waals surface area contributed by atoms with E-state index in [4.69, 9.17) is 11.6 Å². The van der Waals surface area contributed by atoms with Crippen LogP contribution in [0.5, 0.6) is 0 Å². The lowest BCUT2D eigenvalue weighted by Crippen LogP contribution is -2.46. The van der Waals surface area contributed by atoms with Crippen LogP contribution in [0.3, 0.4) is 0 Å². The van der Waals surface area contributed by atoms with Crippen molar-refractivity contribution < 1.29 is 4.79 Å². The second-order valence-electron chi connectivity index (χ2n) is 7.95. The number of nitrogens with zero attached hydrogens (tertiary/aromatic N) is 2. The molecular formula is C23H27ClN4O2S. The Balaban J connectivity index is 1.16. The number of halogens is 1. The molecule has 1 aliphatic heterocycles. The van der Waals surface area contributed by atoms with Crippen molar-refractivity contribution in [2.24, 2.45) is 0 Å². The maximum atomic E-state index is 12.4. The van der Waals surface area contributed by atoms with Gasteiger partial charge in [0.05, 0.1) is 10.2 Å². The molecule has 0 saturated carbocycles. The van der Waals surface area contributed by atoms with Crippen LogP contribution in [0.15, 0.2) is 41.2 Å². The van der Waals surface area contributed by atoms with Crippen molar-refractivity contribution in [3.8, 4) is 0 Å². The molecular weight excluding hydrogens is 432 g/mol. The van der Waals surface area contributed by atoms with Gasteiger partial charge in [-0.1, -0.05) is 29.0 Å². The first-order valence-electron chi connectivity index (χ1n) is 10.6. The molecule has 0 aliphatic carbocycles. The third kappa shape index (κ3) is 5.47. The zero-order valence-electron chi connectivity index (χ0n) is 17.6. The number of carbonyl (C=O) groups excluding carboxylic acids is 1. The second-order valence-corrected chi connectivity index (χ2v) is 9.40. The number of hydrogen-bond acceptors (Lipinski definition) is 5. The van der Waals surface area contributed by atoms with E-state index in [-0.39, 0.29) is 10.8 Å². The number of fused-ring (bicyclic) bond motifs is 1. The zero-order chi connectivity index (χ0) is 21.8. The summed E-state index contributed by atoms with van der Waals surface area (Å²) < 4.78 is 0.868. The highest BCUT2D eigenvalue weighted by Gasteiger charge is 2.18. The summed E-state index contributed by atoms with van der Waals surface area (Å²) in [5.41, 5.74) is 3.79. The number of piperazine rings is 1. The number of nitrogens with one attached hydrogen (secondary N) is 2. The minimum absolute atomic E-state index is 0.0977. The number of amides is 1. The molecule has 0 unspecified atom stereocenters. The molecule has 1 aliphatic rings. The molecule has 0 atom stereocenters. The third-order valence-corrected chi connectivity index (χ3v) is 6.85. The summed E-state index contributed by atoms with van der Waals surface area (Å²) in [6.45, 7) is 7.91. The predicted octanol–water partition coefficient (Wildman–Crippen LogP) is 3.88. The molecule has 1 fully saturated rings. The van der Waals surface area contributed by atoms with E-state index in [1.54, 1.807) is 12.1 Å². The van der Waals surface area contributed by atoms with Gasteiger partial charge in [-0.15, -0.1) is 0 Å². The van der Waals surface area contributed by atoms with Crippen LogP contribution in [0.1, 0.15) is 28.8 Å². The number of aromatic amines is 1. The highest BCUT2D eigenvalue weighted by atomic mass is 35.5. The molecule has 0 bridgehead atoms. The predicted molar refractivity (Wildman–Crippen MR) is 129 cm³/mol. The highest BCUT2D eigenvalue weighted by Crippen LogP contribution is 2.25. The molecule has 2 heterocycles. The molecule has 2 aromatic carbocycles. The van der Waals surface area contributed by atoms with Gasteiger partial charge < -0.3 is 15.2 Å². The van der Waals surface area contributed by atoms with E-state index >= 15 is 0 Å². The Hall–Kier alpha value is -2.35. The molecule has 3 aromatic rings. The van der Waals surface area contributed by atoms with Crippen molar-refractivity contribution in [3.05, 3.63) is 62.2 Å². The SMILES string of the molecule is Cc1ccc(Cl)cc1N1CCN(CCCCNC(=O)c2ccc3sc(=O)[nH]c3c2)CC1. The number of unbranched alkanes of at least 4 members (excludes halogenated alkanes) is 1. The first-order chi connectivity index (χ1) is 15.0. The van der Waals surface area contributed by atoms with Crippen LogP contribution in [-0.4, -0.2) is 55.1 Å². The molecule has 0 spiro atoms. The number of benzene rings is 2. The van der Waals surface area contributed by atoms with Crippen molar-refractivity contribution in [1.82, 2.24) is 15.2 Å². The van der Waals surface area contributed by atoms with E-state index in [0.717, 1.165) is 72.1 Å². The Morgan fingerprint density at radius 1 is 1.13 bits per heavy atom. The number of thiazole rings is 1. The molecule has 2 N–H and O–H groups in total. The minimum Gasteiger partial charge on any atom is -0.369 e. The summed E-state index contributed by atoms with van der Waals surface area (Å²) in [5.74, 6) is -0.0977. The van der Waals surface area contributed by atoms with Gasteiger partial charge in [0.25, 0.3) is 5.91 Å². The number of aromatic nitrogens is 1. The van der Waals surface area contributed by atoms with E-state index < -0.39 is 0 Å². The van der Waals surface area contributed by atoms with Gasteiger partial charge in [0, 0.05) is 49.0 Å². The fraction of sp³-hybridized carbons (Fsp3) is 0.391. The van der Waals surface area contributed by atoms with Crippen LogP contribution in [0, 0.1) is 6.92 Å². The van der Waals surface area contributed by atoms with E-state index in [2.05, 4.69) is 39.2 Å². The number of anilines is 1. The highest BCUT2D eigenvalue weighted by molar-refractivity contribution is 7.16. The van der Waals surface area contributed by atoms with Gasteiger partial charge in [0.15, 0.2) is 0 Å². The second kappa shape index (κ2) is 9.85. The Bertz CT molecular complexity index is 1120. The van der Waals surface area contributed by atoms with E-state index in [1.807, 2.05) is 12.1 Å². The number of rotatable bonds is 7. The lowest BCUT2D eigenvalue weighted by atomic mass is 10.1. The van der Waals surface area contributed by atoms with Gasteiger partial charge in [-0.3, -0.25) is 14.5 Å². The third-order valence-electron chi connectivity index (χ3n) is 5.75. The van der Waals surface area contributed by atoms with Crippen LogP contribution in [-0.2, 0) is 0 Å². The van der Waals surface area contributed by atoms with E-state index in [9.17, 15) is 9.59 Å². The monoisotopic (exact) mass is 458 g/mol. The van der Waals surface area contributed by atoms with Crippen LogP contribution in [0.4, 0.5) is 5.69 Å². The Morgan fingerprint density at radius 3 is 2.74 bits per heavy atom. The standard InChI is InChI=1S/C23H27ClN4O2S/c1-16-4-6-18(24)15-20(16)28-12-10-27(11-13-28)9-3-2-8-25-22(29)17-5-7-21-19(14-17)26-23(30)31-21/h4-7,14-15H,2-3,8-13H2,1H3,(H,25,29)(H,26,30).